The van der Waals surface area contributed by atoms with Crippen LogP contribution in [0.2, 0.25) is 0 Å². The molecule has 1 aliphatic rings. The molecule has 2 N–H and O–H groups in total. The molecule has 0 spiro atoms. The first-order valence-electron chi connectivity index (χ1n) is 4.63. The Bertz CT molecular complexity index is 361. The molecule has 0 aromatic carbocycles. The molecular weight excluding hydrogens is 216 g/mol. The van der Waals surface area contributed by atoms with Crippen LogP contribution < -0.4 is 5.73 Å². The molecule has 7 heteroatoms. The van der Waals surface area contributed by atoms with Crippen molar-refractivity contribution in [2.24, 2.45) is 0 Å². The van der Waals surface area contributed by atoms with Crippen LogP contribution in [0.5, 0.6) is 0 Å². The van der Waals surface area contributed by atoms with Gasteiger partial charge in [0.1, 0.15) is 0 Å². The largest absolute Gasteiger partial charge is 0.379 e. The van der Waals surface area contributed by atoms with E-state index < -0.39 is 0 Å². The highest BCUT2D eigenvalue weighted by Crippen LogP contribution is 2.22. The second-order valence-electron chi connectivity index (χ2n) is 3.43. The van der Waals surface area contributed by atoms with E-state index in [2.05, 4.69) is 14.9 Å². The quantitative estimate of drug-likeness (QED) is 0.779. The van der Waals surface area contributed by atoms with E-state index in [0.29, 0.717) is 0 Å². The molecule has 1 unspecified atom stereocenters. The van der Waals surface area contributed by atoms with Gasteiger partial charge in [-0.2, -0.15) is 11.8 Å². The first-order valence-corrected chi connectivity index (χ1v) is 5.78. The molecule has 1 atom stereocenters. The third kappa shape index (κ3) is 1.92. The molecule has 6 nitrogen and oxygen atoms in total. The van der Waals surface area contributed by atoms with Crippen molar-refractivity contribution in [1.82, 2.24) is 15.2 Å². The number of nitrogens with zero attached hydrogens (tertiary/aromatic N) is 3. The van der Waals surface area contributed by atoms with Gasteiger partial charge in [-0.05, 0) is 22.5 Å². The Morgan fingerprint density at radius 2 is 2.47 bits per heavy atom. The molecule has 1 aliphatic heterocycles. The molecule has 0 aliphatic carbocycles. The third-order valence-corrected chi connectivity index (χ3v) is 3.64. The summed E-state index contributed by atoms with van der Waals surface area (Å²) < 4.78 is 4.40. The van der Waals surface area contributed by atoms with Crippen LogP contribution in [0.15, 0.2) is 4.63 Å². The first kappa shape index (κ1) is 10.3. The fraction of sp³-hybridized carbons (Fsp3) is 0.625. The lowest BCUT2D eigenvalue weighted by atomic mass is 10.2. The molecule has 1 amide bonds. The van der Waals surface area contributed by atoms with Gasteiger partial charge in [-0.3, -0.25) is 4.79 Å². The average molecular weight is 228 g/mol. The Balaban J connectivity index is 2.10. The lowest BCUT2D eigenvalue weighted by molar-refractivity contribution is 0.0737. The Hall–Kier alpha value is -1.24. The van der Waals surface area contributed by atoms with Crippen molar-refractivity contribution in [1.29, 1.82) is 0 Å². The molecule has 2 heterocycles. The summed E-state index contributed by atoms with van der Waals surface area (Å²) in [6.45, 7) is 0. The van der Waals surface area contributed by atoms with Crippen LogP contribution in [0.4, 0.5) is 5.82 Å². The van der Waals surface area contributed by atoms with Gasteiger partial charge in [-0.25, -0.2) is 4.63 Å². The fourth-order valence-electron chi connectivity index (χ4n) is 1.50. The van der Waals surface area contributed by atoms with E-state index >= 15 is 0 Å². The van der Waals surface area contributed by atoms with Crippen LogP contribution >= 0.6 is 11.8 Å². The van der Waals surface area contributed by atoms with Gasteiger partial charge in [0.15, 0.2) is 0 Å². The number of nitrogen functional groups attached to an aromatic ring is 1. The molecule has 82 valence electrons. The van der Waals surface area contributed by atoms with Crippen molar-refractivity contribution >= 4 is 23.5 Å². The summed E-state index contributed by atoms with van der Waals surface area (Å²) in [6.07, 6.45) is 1.01. The fourth-order valence-corrected chi connectivity index (χ4v) is 2.77. The number of amides is 1. The van der Waals surface area contributed by atoms with Gasteiger partial charge >= 0.3 is 0 Å². The standard InChI is InChI=1S/C8H12N4O2S/c1-12(5-2-3-15-4-5)8(13)6-7(9)11-14-10-6/h5H,2-4H2,1H3,(H2,9,11). The minimum atomic E-state index is -0.221. The van der Waals surface area contributed by atoms with Gasteiger partial charge in [0.25, 0.3) is 5.91 Å². The van der Waals surface area contributed by atoms with E-state index in [-0.39, 0.29) is 23.5 Å². The zero-order chi connectivity index (χ0) is 10.8. The SMILES string of the molecule is CN(C(=O)c1nonc1N)C1CCSC1. The number of carbonyl (C=O) groups excluding carboxylic acids is 1. The summed E-state index contributed by atoms with van der Waals surface area (Å²) >= 11 is 1.84. The number of carbonyl (C=O) groups is 1. The molecule has 1 saturated heterocycles. The molecule has 0 bridgehead atoms. The Morgan fingerprint density at radius 3 is 3.00 bits per heavy atom. The topological polar surface area (TPSA) is 85.2 Å². The van der Waals surface area contributed by atoms with Crippen molar-refractivity contribution in [3.63, 3.8) is 0 Å². The number of anilines is 1. The second-order valence-corrected chi connectivity index (χ2v) is 4.58. The maximum Gasteiger partial charge on any atom is 0.280 e. The molecule has 0 saturated carbocycles. The number of aromatic nitrogens is 2. The van der Waals surface area contributed by atoms with Crippen LogP contribution in [-0.4, -0.2) is 45.7 Å². The molecule has 0 radical (unpaired) electrons. The van der Waals surface area contributed by atoms with Crippen molar-refractivity contribution in [2.75, 3.05) is 24.3 Å². The van der Waals surface area contributed by atoms with Gasteiger partial charge < -0.3 is 10.6 Å². The van der Waals surface area contributed by atoms with Crippen molar-refractivity contribution in [3.8, 4) is 0 Å². The summed E-state index contributed by atoms with van der Waals surface area (Å²) in [5.41, 5.74) is 5.56. The van der Waals surface area contributed by atoms with Crippen LogP contribution in [0, 0.1) is 0 Å². The van der Waals surface area contributed by atoms with Gasteiger partial charge in [0.05, 0.1) is 0 Å². The number of hydrogen-bond acceptors (Lipinski definition) is 6. The van der Waals surface area contributed by atoms with Crippen LogP contribution in [0.25, 0.3) is 0 Å². The summed E-state index contributed by atoms with van der Waals surface area (Å²) in [4.78, 5) is 13.6. The molecule has 1 fully saturated rings. The lowest BCUT2D eigenvalue weighted by Crippen LogP contribution is -2.37. The van der Waals surface area contributed by atoms with E-state index in [0.717, 1.165) is 17.9 Å². The smallest absolute Gasteiger partial charge is 0.280 e. The summed E-state index contributed by atoms with van der Waals surface area (Å²) in [5, 5.41) is 6.88. The number of thioether (sulfide) groups is 1. The number of nitrogens with two attached hydrogens (primary N) is 1. The second kappa shape index (κ2) is 4.09. The normalized spacial score (nSPS) is 20.5. The molecule has 1 aromatic rings. The number of rotatable bonds is 2. The summed E-state index contributed by atoms with van der Waals surface area (Å²) in [5.74, 6) is 1.89. The molecular formula is C8H12N4O2S. The zero-order valence-electron chi connectivity index (χ0n) is 8.34. The maximum atomic E-state index is 11.9. The van der Waals surface area contributed by atoms with Gasteiger partial charge in [-0.15, -0.1) is 0 Å². The predicted octanol–water partition coefficient (Wildman–Crippen LogP) is 0.229. The van der Waals surface area contributed by atoms with E-state index in [1.807, 2.05) is 11.8 Å². The van der Waals surface area contributed by atoms with Crippen molar-refractivity contribution < 1.29 is 9.42 Å². The Morgan fingerprint density at radius 1 is 1.67 bits per heavy atom. The molecule has 2 rings (SSSR count). The Kier molecular flexibility index (Phi) is 2.81. The maximum absolute atomic E-state index is 11.9. The lowest BCUT2D eigenvalue weighted by Gasteiger charge is -2.22. The van der Waals surface area contributed by atoms with Crippen molar-refractivity contribution in [3.05, 3.63) is 5.69 Å². The van der Waals surface area contributed by atoms with E-state index in [4.69, 9.17) is 5.73 Å². The first-order chi connectivity index (χ1) is 7.20. The Labute approximate surface area is 91.1 Å². The molecule has 1 aromatic heterocycles. The monoisotopic (exact) mass is 228 g/mol. The predicted molar refractivity (Wildman–Crippen MR) is 56.5 cm³/mol. The number of hydrogen-bond donors (Lipinski definition) is 1. The highest BCUT2D eigenvalue weighted by Gasteiger charge is 2.28. The van der Waals surface area contributed by atoms with E-state index in [1.165, 1.54) is 0 Å². The minimum absolute atomic E-state index is 0.0532. The highest BCUT2D eigenvalue weighted by molar-refractivity contribution is 7.99. The van der Waals surface area contributed by atoms with Gasteiger partial charge in [0, 0.05) is 18.8 Å². The molecule has 15 heavy (non-hydrogen) atoms. The zero-order valence-corrected chi connectivity index (χ0v) is 9.16. The van der Waals surface area contributed by atoms with Crippen molar-refractivity contribution in [2.45, 2.75) is 12.5 Å². The average Bonchev–Trinajstić information content (AvgIpc) is 2.85. The minimum Gasteiger partial charge on any atom is -0.379 e. The third-order valence-electron chi connectivity index (χ3n) is 2.49. The van der Waals surface area contributed by atoms with E-state index in [1.54, 1.807) is 11.9 Å². The van der Waals surface area contributed by atoms with Crippen LogP contribution in [0.1, 0.15) is 16.9 Å². The highest BCUT2D eigenvalue weighted by atomic mass is 32.2. The van der Waals surface area contributed by atoms with Crippen LogP contribution in [-0.2, 0) is 0 Å². The van der Waals surface area contributed by atoms with Gasteiger partial charge in [0.2, 0.25) is 11.5 Å². The van der Waals surface area contributed by atoms with E-state index in [9.17, 15) is 4.79 Å². The van der Waals surface area contributed by atoms with Gasteiger partial charge in [-0.1, -0.05) is 0 Å². The van der Waals surface area contributed by atoms with Crippen LogP contribution in [0.3, 0.4) is 0 Å². The summed E-state index contributed by atoms with van der Waals surface area (Å²) in [6, 6.07) is 0.263. The summed E-state index contributed by atoms with van der Waals surface area (Å²) in [7, 11) is 1.76.